The van der Waals surface area contributed by atoms with Crippen molar-refractivity contribution in [1.29, 1.82) is 0 Å². The highest BCUT2D eigenvalue weighted by Crippen LogP contribution is 2.83. The molecule has 0 radical (unpaired) electrons. The molecule has 0 amide bonds. The molecular formula is C30H50O. The van der Waals surface area contributed by atoms with Crippen LogP contribution in [0.15, 0.2) is 0 Å². The Bertz CT molecular complexity index is 783. The minimum absolute atomic E-state index is 0.214. The van der Waals surface area contributed by atoms with E-state index in [2.05, 4.69) is 55.4 Å². The first-order valence-corrected chi connectivity index (χ1v) is 14.0. The summed E-state index contributed by atoms with van der Waals surface area (Å²) in [5, 5.41) is 0. The molecule has 0 unspecified atom stereocenters. The van der Waals surface area contributed by atoms with Gasteiger partial charge in [-0.15, -0.1) is 0 Å². The Labute approximate surface area is 192 Å². The van der Waals surface area contributed by atoms with Gasteiger partial charge in [0.1, 0.15) is 5.60 Å². The summed E-state index contributed by atoms with van der Waals surface area (Å²) in [5.41, 5.74) is 2.60. The third-order valence-electron chi connectivity index (χ3n) is 14.0. The summed E-state index contributed by atoms with van der Waals surface area (Å²) >= 11 is 0. The number of rotatable bonds is 1. The Balaban J connectivity index is 1.41. The van der Waals surface area contributed by atoms with Gasteiger partial charge in [-0.1, -0.05) is 61.8 Å². The lowest BCUT2D eigenvalue weighted by molar-refractivity contribution is -0.213. The lowest BCUT2D eigenvalue weighted by Gasteiger charge is -2.70. The Morgan fingerprint density at radius 2 is 1.35 bits per heavy atom. The second kappa shape index (κ2) is 5.95. The fourth-order valence-corrected chi connectivity index (χ4v) is 12.6. The highest BCUT2D eigenvalue weighted by molar-refractivity contribution is 5.31. The summed E-state index contributed by atoms with van der Waals surface area (Å²) < 4.78 is 7.11. The molecule has 1 saturated heterocycles. The Morgan fingerprint density at radius 3 is 2.06 bits per heavy atom. The SMILES string of the molecule is CC(C)[C@H]1CC[C@@H]2[C@]1(C)CC[C@]1(C)[C@H]3CC[C@H]4C(C)(C)CCC[C@]4(C)[C@@]34O[C@H]4C[C@@]21C. The molecule has 10 atom stereocenters. The molecule has 1 aliphatic heterocycles. The maximum atomic E-state index is 7.11. The highest BCUT2D eigenvalue weighted by atomic mass is 16.6. The molecule has 0 aromatic rings. The molecule has 31 heavy (non-hydrogen) atoms. The van der Waals surface area contributed by atoms with Crippen molar-refractivity contribution < 1.29 is 4.74 Å². The van der Waals surface area contributed by atoms with Crippen LogP contribution in [0.25, 0.3) is 0 Å². The third kappa shape index (κ3) is 2.21. The molecule has 1 spiro atoms. The van der Waals surface area contributed by atoms with Crippen molar-refractivity contribution in [2.75, 3.05) is 0 Å². The van der Waals surface area contributed by atoms with Crippen LogP contribution in [0.3, 0.4) is 0 Å². The first kappa shape index (κ1) is 21.5. The molecule has 0 aromatic carbocycles. The van der Waals surface area contributed by atoms with E-state index in [1.54, 1.807) is 0 Å². The Hall–Kier alpha value is -0.0400. The summed E-state index contributed by atoms with van der Waals surface area (Å²) in [4.78, 5) is 0. The van der Waals surface area contributed by atoms with Gasteiger partial charge in [0.25, 0.3) is 0 Å². The van der Waals surface area contributed by atoms with Crippen LogP contribution < -0.4 is 0 Å². The third-order valence-corrected chi connectivity index (χ3v) is 14.0. The fourth-order valence-electron chi connectivity index (χ4n) is 12.6. The largest absolute Gasteiger partial charge is 0.365 e. The predicted molar refractivity (Wildman–Crippen MR) is 129 cm³/mol. The van der Waals surface area contributed by atoms with Gasteiger partial charge in [-0.25, -0.2) is 0 Å². The molecule has 176 valence electrons. The second-order valence-corrected chi connectivity index (χ2v) is 15.4. The minimum atomic E-state index is 0.214. The second-order valence-electron chi connectivity index (χ2n) is 15.4. The zero-order valence-electron chi connectivity index (χ0n) is 21.9. The van der Waals surface area contributed by atoms with E-state index in [1.165, 1.54) is 64.2 Å². The first-order chi connectivity index (χ1) is 14.4. The van der Waals surface area contributed by atoms with Crippen LogP contribution in [-0.4, -0.2) is 11.7 Å². The number of hydrogen-bond acceptors (Lipinski definition) is 1. The van der Waals surface area contributed by atoms with Gasteiger partial charge in [0, 0.05) is 5.41 Å². The summed E-state index contributed by atoms with van der Waals surface area (Å²) in [6, 6.07) is 0. The van der Waals surface area contributed by atoms with Crippen LogP contribution in [0, 0.1) is 56.7 Å². The van der Waals surface area contributed by atoms with Gasteiger partial charge in [0.2, 0.25) is 0 Å². The lowest BCUT2D eigenvalue weighted by Crippen LogP contribution is -2.68. The van der Waals surface area contributed by atoms with Gasteiger partial charge < -0.3 is 4.74 Å². The van der Waals surface area contributed by atoms with E-state index in [0.29, 0.717) is 33.2 Å². The molecule has 0 aromatic heterocycles. The van der Waals surface area contributed by atoms with E-state index < -0.39 is 0 Å². The zero-order valence-corrected chi connectivity index (χ0v) is 21.9. The highest BCUT2D eigenvalue weighted by Gasteiger charge is 2.83. The van der Waals surface area contributed by atoms with Crippen molar-refractivity contribution in [3.63, 3.8) is 0 Å². The van der Waals surface area contributed by atoms with Gasteiger partial charge in [-0.05, 0) is 109 Å². The Morgan fingerprint density at radius 1 is 0.677 bits per heavy atom. The van der Waals surface area contributed by atoms with Crippen LogP contribution in [0.2, 0.25) is 0 Å². The maximum absolute atomic E-state index is 7.11. The van der Waals surface area contributed by atoms with E-state index >= 15 is 0 Å². The standard InChI is InChI=1S/C30H50O/c1-19(2)20-10-11-22-26(20,5)16-17-27(6)23-13-12-21-25(3,4)14-9-15-28(21,7)30(23)24(31-30)18-29(22,27)8/h19-24H,9-18H2,1-8H3/t20-,21+,22-,23-,24+,26-,27-,28+,29+,30-/m1/s1. The van der Waals surface area contributed by atoms with Gasteiger partial charge in [-0.3, -0.25) is 0 Å². The van der Waals surface area contributed by atoms with Gasteiger partial charge in [0.15, 0.2) is 0 Å². The van der Waals surface area contributed by atoms with E-state index in [4.69, 9.17) is 4.74 Å². The smallest absolute Gasteiger partial charge is 0.104 e. The number of fused-ring (bicyclic) bond motifs is 5. The molecule has 1 nitrogen and oxygen atoms in total. The predicted octanol–water partition coefficient (Wildman–Crippen LogP) is 8.27. The monoisotopic (exact) mass is 426 g/mol. The zero-order chi connectivity index (χ0) is 22.2. The van der Waals surface area contributed by atoms with Gasteiger partial charge in [-0.2, -0.15) is 0 Å². The summed E-state index contributed by atoms with van der Waals surface area (Å²) in [7, 11) is 0. The minimum Gasteiger partial charge on any atom is -0.365 e. The van der Waals surface area contributed by atoms with E-state index in [0.717, 1.165) is 29.6 Å². The molecule has 1 heterocycles. The fraction of sp³-hybridized carbons (Fsp3) is 1.00. The lowest BCUT2D eigenvalue weighted by atomic mass is 9.33. The summed E-state index contributed by atoms with van der Waals surface area (Å²) in [6.07, 6.45) is 14.9. The average molecular weight is 427 g/mol. The van der Waals surface area contributed by atoms with E-state index in [1.807, 2.05) is 0 Å². The van der Waals surface area contributed by atoms with Crippen molar-refractivity contribution in [1.82, 2.24) is 0 Å². The molecule has 6 fully saturated rings. The number of ether oxygens (including phenoxy) is 1. The van der Waals surface area contributed by atoms with Crippen molar-refractivity contribution >= 4 is 0 Å². The van der Waals surface area contributed by atoms with Crippen LogP contribution in [0.4, 0.5) is 0 Å². The normalized spacial score (nSPS) is 61.6. The van der Waals surface area contributed by atoms with Crippen LogP contribution in [-0.2, 0) is 4.74 Å². The van der Waals surface area contributed by atoms with Crippen molar-refractivity contribution in [3.05, 3.63) is 0 Å². The van der Waals surface area contributed by atoms with Crippen molar-refractivity contribution in [3.8, 4) is 0 Å². The van der Waals surface area contributed by atoms with E-state index in [-0.39, 0.29) is 5.60 Å². The van der Waals surface area contributed by atoms with Crippen molar-refractivity contribution in [2.45, 2.75) is 131 Å². The Kier molecular flexibility index (Phi) is 4.13. The topological polar surface area (TPSA) is 12.5 Å². The van der Waals surface area contributed by atoms with E-state index in [9.17, 15) is 0 Å². The van der Waals surface area contributed by atoms with Crippen LogP contribution in [0.5, 0.6) is 0 Å². The molecule has 1 heteroatoms. The van der Waals surface area contributed by atoms with Crippen LogP contribution in [0.1, 0.15) is 120 Å². The average Bonchev–Trinajstić information content (AvgIpc) is 3.25. The summed E-state index contributed by atoms with van der Waals surface area (Å²) in [5.74, 6) is 4.32. The number of hydrogen-bond donors (Lipinski definition) is 0. The maximum Gasteiger partial charge on any atom is 0.104 e. The molecule has 5 saturated carbocycles. The summed E-state index contributed by atoms with van der Waals surface area (Å²) in [6.45, 7) is 21.1. The van der Waals surface area contributed by atoms with Gasteiger partial charge >= 0.3 is 0 Å². The quantitative estimate of drug-likeness (QED) is 0.384. The molecule has 0 N–H and O–H groups in total. The molecular weight excluding hydrogens is 376 g/mol. The molecule has 6 rings (SSSR count). The van der Waals surface area contributed by atoms with Gasteiger partial charge in [0.05, 0.1) is 6.10 Å². The molecule has 6 aliphatic rings. The number of epoxide rings is 1. The molecule has 5 aliphatic carbocycles. The van der Waals surface area contributed by atoms with Crippen LogP contribution >= 0.6 is 0 Å². The van der Waals surface area contributed by atoms with Crippen molar-refractivity contribution in [2.24, 2.45) is 56.7 Å². The molecule has 0 bridgehead atoms. The first-order valence-electron chi connectivity index (χ1n) is 14.0.